The number of hydrogen-bond donors (Lipinski definition) is 0. The van der Waals surface area contributed by atoms with Gasteiger partial charge in [-0.1, -0.05) is 30.0 Å². The summed E-state index contributed by atoms with van der Waals surface area (Å²) < 4.78 is 4.79. The van der Waals surface area contributed by atoms with E-state index in [0.717, 1.165) is 23.1 Å². The lowest BCUT2D eigenvalue weighted by Crippen LogP contribution is -2.01. The fourth-order valence-electron chi connectivity index (χ4n) is 2.67. The molecule has 0 atom stereocenters. The Balaban J connectivity index is 1.61. The molecule has 0 aliphatic rings. The van der Waals surface area contributed by atoms with Gasteiger partial charge >= 0.3 is 5.69 Å². The quantitative estimate of drug-likeness (QED) is 0.282. The maximum atomic E-state index is 10.8. The van der Waals surface area contributed by atoms with Crippen molar-refractivity contribution in [2.45, 2.75) is 24.5 Å². The van der Waals surface area contributed by atoms with Crippen LogP contribution < -0.4 is 0 Å². The molecule has 10 heteroatoms. The van der Waals surface area contributed by atoms with E-state index >= 15 is 0 Å². The van der Waals surface area contributed by atoms with Crippen LogP contribution in [0.2, 0.25) is 0 Å². The summed E-state index contributed by atoms with van der Waals surface area (Å²) in [6.07, 6.45) is 2.65. The van der Waals surface area contributed by atoms with E-state index < -0.39 is 4.92 Å². The van der Waals surface area contributed by atoms with Gasteiger partial charge in [-0.05, 0) is 13.0 Å². The molecule has 0 bridgehead atoms. The van der Waals surface area contributed by atoms with Crippen molar-refractivity contribution in [2.75, 3.05) is 0 Å². The average Bonchev–Trinajstić information content (AvgIpc) is 3.36. The molecule has 3 aromatic heterocycles. The van der Waals surface area contributed by atoms with E-state index in [0.29, 0.717) is 5.88 Å². The first-order valence-electron chi connectivity index (χ1n) is 7.87. The molecule has 0 aliphatic carbocycles. The van der Waals surface area contributed by atoms with Crippen LogP contribution in [0, 0.1) is 10.1 Å². The van der Waals surface area contributed by atoms with Gasteiger partial charge in [0.15, 0.2) is 11.0 Å². The van der Waals surface area contributed by atoms with Crippen LogP contribution in [-0.4, -0.2) is 29.5 Å². The lowest BCUT2D eigenvalue weighted by molar-refractivity contribution is -0.385. The molecule has 8 nitrogen and oxygen atoms in total. The molecule has 0 unspecified atom stereocenters. The van der Waals surface area contributed by atoms with Crippen molar-refractivity contribution in [3.8, 4) is 11.4 Å². The first-order chi connectivity index (χ1) is 12.7. The van der Waals surface area contributed by atoms with Gasteiger partial charge < -0.3 is 4.57 Å². The molecule has 0 aliphatic heterocycles. The van der Waals surface area contributed by atoms with Gasteiger partial charge in [0.25, 0.3) is 0 Å². The summed E-state index contributed by atoms with van der Waals surface area (Å²) in [6, 6.07) is 8.23. The van der Waals surface area contributed by atoms with Gasteiger partial charge in [-0.2, -0.15) is 5.10 Å². The van der Waals surface area contributed by atoms with E-state index in [4.69, 9.17) is 0 Å². The van der Waals surface area contributed by atoms with Gasteiger partial charge in [-0.3, -0.25) is 14.8 Å². The van der Waals surface area contributed by atoms with Crippen molar-refractivity contribution in [1.29, 1.82) is 0 Å². The van der Waals surface area contributed by atoms with Crippen molar-refractivity contribution >= 4 is 38.9 Å². The van der Waals surface area contributed by atoms with Crippen molar-refractivity contribution in [2.24, 2.45) is 0 Å². The molecule has 0 N–H and O–H groups in total. The molecule has 0 spiro atoms. The minimum Gasteiger partial charge on any atom is -0.302 e. The van der Waals surface area contributed by atoms with Crippen LogP contribution in [0.25, 0.3) is 21.5 Å². The summed E-state index contributed by atoms with van der Waals surface area (Å²) >= 11 is 3.13. The Kier molecular flexibility index (Phi) is 4.43. The Hall–Kier alpha value is -2.72. The molecule has 4 aromatic rings. The summed E-state index contributed by atoms with van der Waals surface area (Å²) in [4.78, 5) is 10.3. The van der Waals surface area contributed by atoms with Gasteiger partial charge in [-0.25, -0.2) is 0 Å². The second-order valence-electron chi connectivity index (χ2n) is 5.46. The molecule has 0 saturated heterocycles. The summed E-state index contributed by atoms with van der Waals surface area (Å²) in [6.45, 7) is 2.78. The normalized spacial score (nSPS) is 11.3. The predicted octanol–water partition coefficient (Wildman–Crippen LogP) is 4.03. The highest BCUT2D eigenvalue weighted by molar-refractivity contribution is 7.98. The lowest BCUT2D eigenvalue weighted by atomic mass is 10.1. The zero-order valence-electron chi connectivity index (χ0n) is 13.8. The zero-order chi connectivity index (χ0) is 18.1. The lowest BCUT2D eigenvalue weighted by Gasteiger charge is -2.06. The molecule has 132 valence electrons. The van der Waals surface area contributed by atoms with E-state index in [1.165, 1.54) is 38.9 Å². The Labute approximate surface area is 156 Å². The molecule has 1 aromatic carbocycles. The van der Waals surface area contributed by atoms with E-state index in [1.807, 2.05) is 19.1 Å². The smallest absolute Gasteiger partial charge is 0.302 e. The largest absolute Gasteiger partial charge is 0.307 e. The molecular formula is C16H14N6O2S2. The summed E-state index contributed by atoms with van der Waals surface area (Å²) in [5.74, 6) is 1.26. The highest BCUT2D eigenvalue weighted by Gasteiger charge is 2.17. The number of thioether (sulfide) groups is 1. The third-order valence-electron chi connectivity index (χ3n) is 3.91. The first kappa shape index (κ1) is 16.7. The van der Waals surface area contributed by atoms with E-state index in [-0.39, 0.29) is 5.69 Å². The monoisotopic (exact) mass is 386 g/mol. The molecular weight excluding hydrogens is 372 g/mol. The van der Waals surface area contributed by atoms with Crippen LogP contribution in [0.1, 0.15) is 6.92 Å². The third kappa shape index (κ3) is 2.97. The maximum absolute atomic E-state index is 10.8. The van der Waals surface area contributed by atoms with Crippen LogP contribution in [-0.2, 0) is 12.4 Å². The standard InChI is InChI=1S/C16H14N6O2S2/c1-2-21-15(13-9-25-14-6-4-3-5-12(13)14)18-19-16(21)26-10-20-8-11(7-17-20)22(23)24/h3-9H,2,10H2,1H3. The van der Waals surface area contributed by atoms with Gasteiger partial charge in [0.1, 0.15) is 12.4 Å². The summed E-state index contributed by atoms with van der Waals surface area (Å²) in [7, 11) is 0. The predicted molar refractivity (Wildman–Crippen MR) is 101 cm³/mol. The number of aromatic nitrogens is 5. The second-order valence-corrected chi connectivity index (χ2v) is 7.29. The number of fused-ring (bicyclic) bond motifs is 1. The molecule has 26 heavy (non-hydrogen) atoms. The highest BCUT2D eigenvalue weighted by Crippen LogP contribution is 2.34. The second kappa shape index (κ2) is 6.89. The van der Waals surface area contributed by atoms with Crippen molar-refractivity contribution in [3.05, 3.63) is 52.2 Å². The molecule has 0 saturated carbocycles. The van der Waals surface area contributed by atoms with E-state index in [9.17, 15) is 10.1 Å². The number of hydrogen-bond acceptors (Lipinski definition) is 7. The van der Waals surface area contributed by atoms with Crippen LogP contribution in [0.3, 0.4) is 0 Å². The SMILES string of the molecule is CCn1c(SCn2cc([N+](=O)[O-])cn2)nnc1-c1csc2ccccc12. The van der Waals surface area contributed by atoms with Crippen LogP contribution >= 0.6 is 23.1 Å². The molecule has 0 amide bonds. The third-order valence-corrected chi connectivity index (χ3v) is 5.83. The van der Waals surface area contributed by atoms with Gasteiger partial charge in [0.2, 0.25) is 0 Å². The Morgan fingerprint density at radius 2 is 2.15 bits per heavy atom. The maximum Gasteiger partial charge on any atom is 0.307 e. The van der Waals surface area contributed by atoms with Gasteiger partial charge in [-0.15, -0.1) is 21.5 Å². The first-order valence-corrected chi connectivity index (χ1v) is 9.73. The number of nitrogens with zero attached hydrogens (tertiary/aromatic N) is 6. The number of rotatable bonds is 6. The van der Waals surface area contributed by atoms with Crippen LogP contribution in [0.5, 0.6) is 0 Å². The average molecular weight is 386 g/mol. The minimum absolute atomic E-state index is 0.0204. The van der Waals surface area contributed by atoms with Crippen molar-refractivity contribution in [1.82, 2.24) is 24.5 Å². The Morgan fingerprint density at radius 1 is 1.31 bits per heavy atom. The summed E-state index contributed by atoms with van der Waals surface area (Å²) in [5.41, 5.74) is 1.05. The molecule has 4 rings (SSSR count). The number of benzene rings is 1. The van der Waals surface area contributed by atoms with Crippen LogP contribution in [0.4, 0.5) is 5.69 Å². The Morgan fingerprint density at radius 3 is 2.92 bits per heavy atom. The highest BCUT2D eigenvalue weighted by atomic mass is 32.2. The van der Waals surface area contributed by atoms with E-state index in [2.05, 4.69) is 37.4 Å². The van der Waals surface area contributed by atoms with Crippen LogP contribution in [0.15, 0.2) is 47.2 Å². The van der Waals surface area contributed by atoms with Crippen molar-refractivity contribution < 1.29 is 4.92 Å². The number of thiophene rings is 1. The summed E-state index contributed by atoms with van der Waals surface area (Å²) in [5, 5.41) is 27.5. The molecule has 0 fully saturated rings. The van der Waals surface area contributed by atoms with Gasteiger partial charge in [0.05, 0.1) is 10.8 Å². The minimum atomic E-state index is -0.456. The van der Waals surface area contributed by atoms with Crippen molar-refractivity contribution in [3.63, 3.8) is 0 Å². The fourth-order valence-corrected chi connectivity index (χ4v) is 4.47. The Bertz CT molecular complexity index is 1080. The van der Waals surface area contributed by atoms with E-state index in [1.54, 1.807) is 11.3 Å². The topological polar surface area (TPSA) is 91.7 Å². The zero-order valence-corrected chi connectivity index (χ0v) is 15.4. The fraction of sp³-hybridized carbons (Fsp3) is 0.188. The molecule has 3 heterocycles. The van der Waals surface area contributed by atoms with Gasteiger partial charge in [0, 0.05) is 27.6 Å². The number of nitro groups is 1. The molecule has 0 radical (unpaired) electrons.